The molecule has 0 spiro atoms. The molecule has 0 aliphatic rings. The third-order valence-corrected chi connectivity index (χ3v) is 2.57. The van der Waals surface area contributed by atoms with Gasteiger partial charge in [-0.25, -0.2) is 9.59 Å². The molecule has 0 fully saturated rings. The smallest absolute Gasteiger partial charge is 0.481 e. The molecular weight excluding hydrogens is 392 g/mol. The number of hydrogen-bond donors (Lipinski definition) is 8. The first-order valence-corrected chi connectivity index (χ1v) is 6.34. The van der Waals surface area contributed by atoms with Crippen LogP contribution >= 0.6 is 0 Å². The molecule has 148 valence electrons. The van der Waals surface area contributed by atoms with Crippen LogP contribution in [0.3, 0.4) is 0 Å². The van der Waals surface area contributed by atoms with E-state index in [1.807, 2.05) is 0 Å². The first-order valence-electron chi connectivity index (χ1n) is 6.34. The fourth-order valence-corrected chi connectivity index (χ4v) is 1.43. The number of carboxylic acids is 6. The summed E-state index contributed by atoms with van der Waals surface area (Å²) in [6, 6.07) is 0. The maximum absolute atomic E-state index is 10.3. The summed E-state index contributed by atoms with van der Waals surface area (Å²) in [6.45, 7) is 0. The molecule has 0 aliphatic carbocycles. The average molecular weight is 409 g/mol. The Balaban J connectivity index is -0.000000411. The van der Waals surface area contributed by atoms with E-state index >= 15 is 0 Å². The van der Waals surface area contributed by atoms with Crippen molar-refractivity contribution in [3.8, 4) is 0 Å². The van der Waals surface area contributed by atoms with E-state index in [4.69, 9.17) is 40.9 Å². The Hall–Kier alpha value is -2.49. The molecule has 15 heteroatoms. The standard InChI is InChI=1S/2C6H8O7.Mg/c2*7-3(8)1-6(13,5(11)12)2-4(9)10;/h2*13H,1-2H2,(H,7,8)(H,9,10)(H,11,12);/q;;+2. The Morgan fingerprint density at radius 3 is 0.704 bits per heavy atom. The SMILES string of the molecule is O=C(O)CC(O)(CC(=O)O)C(=O)O.O=C(O)CC(O)(CC(=O)O)C(=O)O.[Mg+2]. The topological polar surface area (TPSA) is 264 Å². The second-order valence-electron chi connectivity index (χ2n) is 4.96. The molecule has 0 rings (SSSR count). The molecule has 0 heterocycles. The van der Waals surface area contributed by atoms with E-state index in [9.17, 15) is 28.8 Å². The van der Waals surface area contributed by atoms with Crippen LogP contribution in [0, 0.1) is 0 Å². The van der Waals surface area contributed by atoms with Crippen molar-refractivity contribution < 1.29 is 69.6 Å². The molecule has 0 unspecified atom stereocenters. The van der Waals surface area contributed by atoms with Gasteiger partial charge in [0.15, 0.2) is 11.2 Å². The van der Waals surface area contributed by atoms with Gasteiger partial charge in [0.05, 0.1) is 25.7 Å². The number of carboxylic acid groups (broad SMARTS) is 6. The maximum atomic E-state index is 10.3. The molecule has 0 radical (unpaired) electrons. The zero-order chi connectivity index (χ0) is 21.3. The van der Waals surface area contributed by atoms with Crippen LogP contribution in [-0.2, 0) is 28.8 Å². The van der Waals surface area contributed by atoms with Crippen molar-refractivity contribution in [2.45, 2.75) is 36.9 Å². The summed E-state index contributed by atoms with van der Waals surface area (Å²) in [5.41, 5.74) is -5.48. The third kappa shape index (κ3) is 12.5. The van der Waals surface area contributed by atoms with E-state index in [2.05, 4.69) is 0 Å². The molecule has 0 saturated heterocycles. The summed E-state index contributed by atoms with van der Waals surface area (Å²) in [6.07, 6.45) is -4.58. The van der Waals surface area contributed by atoms with Gasteiger partial charge in [-0.1, -0.05) is 0 Å². The van der Waals surface area contributed by atoms with Crippen LogP contribution in [0.4, 0.5) is 0 Å². The Kier molecular flexibility index (Phi) is 13.0. The van der Waals surface area contributed by atoms with Crippen molar-refractivity contribution in [3.63, 3.8) is 0 Å². The quantitative estimate of drug-likeness (QED) is 0.169. The summed E-state index contributed by atoms with van der Waals surface area (Å²) in [7, 11) is 0. The van der Waals surface area contributed by atoms with Crippen LogP contribution in [0.2, 0.25) is 0 Å². The van der Waals surface area contributed by atoms with E-state index in [1.165, 1.54) is 0 Å². The van der Waals surface area contributed by atoms with Crippen molar-refractivity contribution in [3.05, 3.63) is 0 Å². The van der Waals surface area contributed by atoms with Crippen LogP contribution < -0.4 is 0 Å². The van der Waals surface area contributed by atoms with Gasteiger partial charge in [0, 0.05) is 0 Å². The second kappa shape index (κ2) is 12.0. The minimum Gasteiger partial charge on any atom is -0.481 e. The zero-order valence-corrected chi connectivity index (χ0v) is 15.0. The monoisotopic (exact) mass is 408 g/mol. The number of hydrogen-bond acceptors (Lipinski definition) is 8. The van der Waals surface area contributed by atoms with Gasteiger partial charge in [0.1, 0.15) is 0 Å². The van der Waals surface area contributed by atoms with Gasteiger partial charge in [-0.3, -0.25) is 19.2 Å². The third-order valence-electron chi connectivity index (χ3n) is 2.57. The van der Waals surface area contributed by atoms with Crippen LogP contribution in [-0.4, -0.2) is 111 Å². The Morgan fingerprint density at radius 2 is 0.630 bits per heavy atom. The average Bonchev–Trinajstić information content (AvgIpc) is 2.34. The molecule has 27 heavy (non-hydrogen) atoms. The Bertz CT molecular complexity index is 513. The van der Waals surface area contributed by atoms with Crippen LogP contribution in [0.1, 0.15) is 25.7 Å². The van der Waals surface area contributed by atoms with Gasteiger partial charge < -0.3 is 40.9 Å². The molecule has 0 saturated carbocycles. The van der Waals surface area contributed by atoms with Gasteiger partial charge in [-0.15, -0.1) is 0 Å². The predicted molar refractivity (Wildman–Crippen MR) is 79.9 cm³/mol. The van der Waals surface area contributed by atoms with E-state index in [0.717, 1.165) is 0 Å². The van der Waals surface area contributed by atoms with E-state index in [1.54, 1.807) is 0 Å². The molecule has 0 aromatic carbocycles. The minimum atomic E-state index is -2.74. The van der Waals surface area contributed by atoms with E-state index < -0.39 is 72.7 Å². The molecule has 0 amide bonds. The van der Waals surface area contributed by atoms with Crippen LogP contribution in [0.5, 0.6) is 0 Å². The summed E-state index contributed by atoms with van der Waals surface area (Å²) in [5.74, 6) is -10.0. The van der Waals surface area contributed by atoms with E-state index in [0.29, 0.717) is 0 Å². The Labute approximate surface area is 165 Å². The molecule has 0 atom stereocenters. The van der Waals surface area contributed by atoms with Gasteiger partial charge in [-0.05, 0) is 0 Å². The van der Waals surface area contributed by atoms with Crippen molar-refractivity contribution in [1.82, 2.24) is 0 Å². The van der Waals surface area contributed by atoms with Crippen LogP contribution in [0.25, 0.3) is 0 Å². The molecular formula is C12H16MgO14+2. The van der Waals surface area contributed by atoms with Gasteiger partial charge in [0.25, 0.3) is 0 Å². The van der Waals surface area contributed by atoms with Gasteiger partial charge in [-0.2, -0.15) is 0 Å². The van der Waals surface area contributed by atoms with Gasteiger partial charge >= 0.3 is 58.9 Å². The number of aliphatic carboxylic acids is 6. The fraction of sp³-hybridized carbons (Fsp3) is 0.500. The molecule has 0 bridgehead atoms. The number of aliphatic hydroxyl groups is 2. The molecule has 14 nitrogen and oxygen atoms in total. The first-order chi connectivity index (χ1) is 11.6. The normalized spacial score (nSPS) is 10.4. The molecule has 0 aromatic rings. The van der Waals surface area contributed by atoms with Crippen molar-refractivity contribution in [1.29, 1.82) is 0 Å². The van der Waals surface area contributed by atoms with Crippen molar-refractivity contribution >= 4 is 58.9 Å². The largest absolute Gasteiger partial charge is 2.00 e. The minimum absolute atomic E-state index is 0. The van der Waals surface area contributed by atoms with Crippen molar-refractivity contribution in [2.24, 2.45) is 0 Å². The predicted octanol–water partition coefficient (Wildman–Crippen LogP) is -2.88. The van der Waals surface area contributed by atoms with Crippen molar-refractivity contribution in [2.75, 3.05) is 0 Å². The first kappa shape index (κ1) is 29.3. The molecule has 0 aliphatic heterocycles. The van der Waals surface area contributed by atoms with Gasteiger partial charge in [0.2, 0.25) is 0 Å². The fourth-order valence-electron chi connectivity index (χ4n) is 1.43. The number of carbonyl (C=O) groups is 6. The summed E-state index contributed by atoms with van der Waals surface area (Å²) in [5, 5.41) is 67.6. The number of rotatable bonds is 10. The zero-order valence-electron chi connectivity index (χ0n) is 13.6. The van der Waals surface area contributed by atoms with Crippen LogP contribution in [0.15, 0.2) is 0 Å². The molecule has 8 N–H and O–H groups in total. The summed E-state index contributed by atoms with van der Waals surface area (Å²) < 4.78 is 0. The Morgan fingerprint density at radius 1 is 0.481 bits per heavy atom. The second-order valence-corrected chi connectivity index (χ2v) is 4.96. The molecule has 0 aromatic heterocycles. The van der Waals surface area contributed by atoms with E-state index in [-0.39, 0.29) is 23.1 Å². The summed E-state index contributed by atoms with van der Waals surface area (Å²) >= 11 is 0. The summed E-state index contributed by atoms with van der Waals surface area (Å²) in [4.78, 5) is 61.0. The maximum Gasteiger partial charge on any atom is 2.00 e.